The maximum absolute atomic E-state index is 10.0. The van der Waals surface area contributed by atoms with Gasteiger partial charge in [-0.25, -0.2) is 4.79 Å². The summed E-state index contributed by atoms with van der Waals surface area (Å²) in [7, 11) is 0.285. The molecule has 3 nitrogen and oxygen atoms in total. The van der Waals surface area contributed by atoms with Gasteiger partial charge in [0.25, 0.3) is 0 Å². The second-order valence-electron chi connectivity index (χ2n) is 0.825. The minimum atomic E-state index is -0.409. The summed E-state index contributed by atoms with van der Waals surface area (Å²) in [6.07, 6.45) is 0.305. The molecule has 1 unspecified atom stereocenters. The maximum Gasteiger partial charge on any atom is 0.329 e. The van der Waals surface area contributed by atoms with Gasteiger partial charge in [-0.2, -0.15) is 18.1 Å². The molecule has 0 rings (SSSR count). The Kier molecular flexibility index (Phi) is 4.50. The van der Waals surface area contributed by atoms with Crippen LogP contribution in [0.15, 0.2) is 0 Å². The van der Waals surface area contributed by atoms with Crippen LogP contribution in [0.3, 0.4) is 0 Å². The van der Waals surface area contributed by atoms with Crippen LogP contribution in [0.2, 0.25) is 0 Å². The van der Waals surface area contributed by atoms with Gasteiger partial charge >= 0.3 is 5.97 Å². The van der Waals surface area contributed by atoms with Crippen molar-refractivity contribution in [2.24, 2.45) is 5.90 Å². The van der Waals surface area contributed by atoms with Gasteiger partial charge in [0.15, 0.2) is 0 Å². The third-order valence-electron chi connectivity index (χ3n) is 0.355. The first-order valence-corrected chi connectivity index (χ1v) is 4.07. The van der Waals surface area contributed by atoms with Crippen molar-refractivity contribution in [2.75, 3.05) is 6.16 Å². The Hall–Kier alpha value is 0.210. The zero-order chi connectivity index (χ0) is 5.70. The molecule has 0 heterocycles. The lowest BCUT2D eigenvalue weighted by atomic mass is 10.8. The molecule has 0 aliphatic rings. The third kappa shape index (κ3) is 4.05. The lowest BCUT2D eigenvalue weighted by Gasteiger charge is -1.89. The van der Waals surface area contributed by atoms with Gasteiger partial charge in [0.1, 0.15) is 0 Å². The molecule has 0 aliphatic heterocycles. The highest BCUT2D eigenvalue weighted by molar-refractivity contribution is 8.38. The van der Waals surface area contributed by atoms with E-state index in [2.05, 4.69) is 23.0 Å². The van der Waals surface area contributed by atoms with Gasteiger partial charge < -0.3 is 4.84 Å². The summed E-state index contributed by atoms with van der Waals surface area (Å²) in [5, 5.41) is 0. The zero-order valence-corrected chi connectivity index (χ0v) is 5.44. The molecule has 5 heteroatoms. The number of hydrogen-bond donors (Lipinski definition) is 2. The van der Waals surface area contributed by atoms with Crippen molar-refractivity contribution >= 4 is 26.0 Å². The minimum absolute atomic E-state index is 0.285. The molecular weight excluding hydrogens is 133 g/mol. The molecule has 42 valence electrons. The fourth-order valence-corrected chi connectivity index (χ4v) is 0.706. The van der Waals surface area contributed by atoms with Gasteiger partial charge in [0, 0.05) is 0 Å². The van der Waals surface area contributed by atoms with Crippen molar-refractivity contribution in [2.45, 2.75) is 0 Å². The lowest BCUT2D eigenvalue weighted by molar-refractivity contribution is -0.140. The summed E-state index contributed by atoms with van der Waals surface area (Å²) in [5.74, 6) is 4.07. The number of hydrogen-bond acceptors (Lipinski definition) is 4. The fraction of sp³-hybridized carbons (Fsp3) is 0.500. The molecule has 7 heavy (non-hydrogen) atoms. The molecule has 0 aromatic rings. The van der Waals surface area contributed by atoms with E-state index in [1.807, 2.05) is 0 Å². The topological polar surface area (TPSA) is 52.3 Å². The second-order valence-corrected chi connectivity index (χ2v) is 2.44. The molecule has 0 bridgehead atoms. The van der Waals surface area contributed by atoms with Gasteiger partial charge in [-0.15, -0.1) is 0 Å². The van der Waals surface area contributed by atoms with E-state index in [4.69, 9.17) is 0 Å². The van der Waals surface area contributed by atoms with Gasteiger partial charge in [-0.1, -0.05) is 7.78 Å². The fourth-order valence-electron chi connectivity index (χ4n) is 0.106. The molecule has 0 fully saturated rings. The molecule has 0 radical (unpaired) electrons. The highest BCUT2D eigenvalue weighted by Crippen LogP contribution is 2.12. The molecule has 0 spiro atoms. The highest BCUT2D eigenvalue weighted by Gasteiger charge is 1.94. The molecule has 0 saturated carbocycles. The van der Waals surface area contributed by atoms with Crippen LogP contribution >= 0.6 is 20.0 Å². The summed E-state index contributed by atoms with van der Waals surface area (Å²) in [6, 6.07) is 0. The van der Waals surface area contributed by atoms with Crippen molar-refractivity contribution in [3.05, 3.63) is 0 Å². The van der Waals surface area contributed by atoms with Crippen molar-refractivity contribution in [1.29, 1.82) is 0 Å². The van der Waals surface area contributed by atoms with Gasteiger partial charge in [-0.05, 0) is 0 Å². The van der Waals surface area contributed by atoms with Crippen LogP contribution in [-0.4, -0.2) is 12.1 Å². The Morgan fingerprint density at radius 3 is 2.71 bits per heavy atom. The average molecular weight is 139 g/mol. The monoisotopic (exact) mass is 139 g/mol. The summed E-state index contributed by atoms with van der Waals surface area (Å²) in [4.78, 5) is 13.8. The van der Waals surface area contributed by atoms with Crippen LogP contribution in [0.25, 0.3) is 0 Å². The van der Waals surface area contributed by atoms with E-state index < -0.39 is 5.97 Å². The first-order chi connectivity index (χ1) is 3.31. The van der Waals surface area contributed by atoms with Gasteiger partial charge in [-0.3, -0.25) is 0 Å². The summed E-state index contributed by atoms with van der Waals surface area (Å²) >= 11 is 3.79. The molecule has 0 amide bonds. The van der Waals surface area contributed by atoms with Gasteiger partial charge in [0.05, 0.1) is 6.16 Å². The van der Waals surface area contributed by atoms with Crippen molar-refractivity contribution in [3.8, 4) is 0 Å². The number of carbonyl (C=O) groups is 1. The zero-order valence-electron chi connectivity index (χ0n) is 3.55. The Morgan fingerprint density at radius 2 is 2.57 bits per heavy atom. The standard InChI is InChI=1S/C2H6NO2PS/c3-5-2(4)1-6-7/h6-7H,1,3H2. The maximum atomic E-state index is 10.0. The second kappa shape index (κ2) is 4.37. The molecule has 0 saturated heterocycles. The van der Waals surface area contributed by atoms with E-state index in [1.54, 1.807) is 0 Å². The SMILES string of the molecule is NOC(=O)CPS. The van der Waals surface area contributed by atoms with Crippen LogP contribution in [0, 0.1) is 0 Å². The van der Waals surface area contributed by atoms with Crippen LogP contribution < -0.4 is 5.90 Å². The Bertz CT molecular complexity index is 68.7. The third-order valence-corrected chi connectivity index (χ3v) is 1.28. The first kappa shape index (κ1) is 7.21. The van der Waals surface area contributed by atoms with Gasteiger partial charge in [0.2, 0.25) is 0 Å². The quantitative estimate of drug-likeness (QED) is 0.320. The number of nitrogens with two attached hydrogens (primary N) is 1. The Labute approximate surface area is 48.5 Å². The number of carbonyl (C=O) groups excluding carboxylic acids is 1. The van der Waals surface area contributed by atoms with Crippen LogP contribution in [-0.2, 0) is 9.63 Å². The van der Waals surface area contributed by atoms with E-state index >= 15 is 0 Å². The predicted octanol–water partition coefficient (Wildman–Crippen LogP) is -0.0734. The van der Waals surface area contributed by atoms with Crippen molar-refractivity contribution in [1.82, 2.24) is 0 Å². The summed E-state index contributed by atoms with van der Waals surface area (Å²) in [6.45, 7) is 0. The largest absolute Gasteiger partial charge is 0.373 e. The Balaban J connectivity index is 3.00. The van der Waals surface area contributed by atoms with E-state index in [9.17, 15) is 4.79 Å². The lowest BCUT2D eigenvalue weighted by Crippen LogP contribution is -2.10. The highest BCUT2D eigenvalue weighted by atomic mass is 32.7. The molecular formula is C2H6NO2PS. The normalized spacial score (nSPS) is 10.0. The molecule has 2 N–H and O–H groups in total. The van der Waals surface area contributed by atoms with E-state index in [-0.39, 0.29) is 7.78 Å². The van der Waals surface area contributed by atoms with Crippen molar-refractivity contribution in [3.63, 3.8) is 0 Å². The molecule has 0 aromatic carbocycles. The first-order valence-electron chi connectivity index (χ1n) is 1.57. The molecule has 0 aliphatic carbocycles. The van der Waals surface area contributed by atoms with E-state index in [0.29, 0.717) is 6.16 Å². The van der Waals surface area contributed by atoms with Crippen LogP contribution in [0.4, 0.5) is 0 Å². The van der Waals surface area contributed by atoms with Crippen molar-refractivity contribution < 1.29 is 9.63 Å². The minimum Gasteiger partial charge on any atom is -0.373 e. The Morgan fingerprint density at radius 1 is 2.00 bits per heavy atom. The predicted molar refractivity (Wildman–Crippen MR) is 32.4 cm³/mol. The van der Waals surface area contributed by atoms with Crippen LogP contribution in [0.5, 0.6) is 0 Å². The number of thiol groups is 1. The van der Waals surface area contributed by atoms with E-state index in [1.165, 1.54) is 0 Å². The average Bonchev–Trinajstić information content (AvgIpc) is 1.68. The molecule has 0 aromatic heterocycles. The van der Waals surface area contributed by atoms with Crippen LogP contribution in [0.1, 0.15) is 0 Å². The summed E-state index contributed by atoms with van der Waals surface area (Å²) < 4.78 is 0. The smallest absolute Gasteiger partial charge is 0.329 e. The van der Waals surface area contributed by atoms with E-state index in [0.717, 1.165) is 0 Å². The molecule has 1 atom stereocenters. The summed E-state index contributed by atoms with van der Waals surface area (Å²) in [5.41, 5.74) is 0. The number of rotatable bonds is 2.